The maximum Gasteiger partial charge on any atom is 0.408 e. The zero-order valence-corrected chi connectivity index (χ0v) is 46.2. The maximum absolute atomic E-state index is 14.8. The number of benzene rings is 3. The fraction of sp³-hybridized carbons (Fsp3) is 0.582. The third kappa shape index (κ3) is 18.6. The van der Waals surface area contributed by atoms with Gasteiger partial charge in [0.2, 0.25) is 12.3 Å². The molecule has 0 aliphatic carbocycles. The lowest BCUT2D eigenvalue weighted by atomic mass is 9.82. The Morgan fingerprint density at radius 1 is 0.817 bits per heavy atom. The first-order valence-corrected chi connectivity index (χ1v) is 31.5. The van der Waals surface area contributed by atoms with Gasteiger partial charge in [-0.05, 0) is 92.2 Å². The van der Waals surface area contributed by atoms with Crippen molar-refractivity contribution >= 4 is 57.1 Å². The fourth-order valence-electron chi connectivity index (χ4n) is 8.70. The van der Waals surface area contributed by atoms with Crippen LogP contribution in [0, 0.1) is 5.41 Å². The molecular formula is C55H84N4O10Si2. The highest BCUT2D eigenvalue weighted by Gasteiger charge is 2.54. The van der Waals surface area contributed by atoms with Crippen LogP contribution in [-0.4, -0.2) is 101 Å². The number of amides is 4. The molecule has 4 amide bonds. The van der Waals surface area contributed by atoms with Crippen LogP contribution in [0.4, 0.5) is 4.79 Å². The minimum absolute atomic E-state index is 0.00604. The van der Waals surface area contributed by atoms with E-state index < -0.39 is 63.0 Å². The summed E-state index contributed by atoms with van der Waals surface area (Å²) >= 11 is 0. The molecule has 0 aromatic heterocycles. The molecule has 0 bridgehead atoms. The number of nitrogens with zero attached hydrogens (tertiary/aromatic N) is 2. The van der Waals surface area contributed by atoms with Crippen LogP contribution in [0.5, 0.6) is 0 Å². The van der Waals surface area contributed by atoms with Gasteiger partial charge in [0.1, 0.15) is 24.8 Å². The average molecular weight is 1020 g/mol. The SMILES string of the molecule is CCCCCCC[C@H](OC(=O)[C@@H](CCCCN(C=O)OCOCC[Si](C)(C)C)NC(=O)OCc1ccccc1)C(C)(C)C(=O)N[C@H]1CCCCN(O[Si](c2ccccc2)(c2ccccc2)C(C)(C)C)C1=O. The molecule has 0 unspecified atom stereocenters. The molecule has 1 saturated heterocycles. The second-order valence-corrected chi connectivity index (χ2v) is 31.4. The lowest BCUT2D eigenvalue weighted by molar-refractivity contribution is -0.213. The number of rotatable bonds is 30. The summed E-state index contributed by atoms with van der Waals surface area (Å²) in [5, 5.41) is 10.2. The molecule has 3 atom stereocenters. The van der Waals surface area contributed by atoms with E-state index in [2.05, 4.69) is 82.2 Å². The van der Waals surface area contributed by atoms with Crippen LogP contribution in [0.15, 0.2) is 91.0 Å². The molecule has 392 valence electrons. The van der Waals surface area contributed by atoms with Crippen molar-refractivity contribution in [3.05, 3.63) is 96.6 Å². The lowest BCUT2D eigenvalue weighted by Crippen LogP contribution is -2.69. The number of carbonyl (C=O) groups excluding carboxylic acids is 5. The molecule has 1 aliphatic heterocycles. The number of hydrogen-bond donors (Lipinski definition) is 2. The smallest absolute Gasteiger partial charge is 0.408 e. The van der Waals surface area contributed by atoms with Crippen molar-refractivity contribution in [2.75, 3.05) is 26.5 Å². The highest BCUT2D eigenvalue weighted by atomic mass is 28.4. The molecule has 14 nitrogen and oxygen atoms in total. The standard InChI is InChI=1S/C55H84N4O10Si2/c1-10-11-12-13-23-36-49(68-51(62)48(57-53(64)66-41-44-28-17-14-18-29-44)35-24-26-37-58(42-60)67-43-65-39-40-70(7,8)9)55(5,6)52(63)56-47-34-25-27-38-59(50(47)61)69-71(54(2,3)4,45-30-19-15-20-31-45)46-32-21-16-22-33-46/h14-22,28-33,42,47-49H,10-13,23-27,34-41,43H2,1-9H3,(H,56,63)(H,57,64)/t47-,48+,49-/m0/s1. The van der Waals surface area contributed by atoms with E-state index in [4.69, 9.17) is 23.6 Å². The highest BCUT2D eigenvalue weighted by Crippen LogP contribution is 2.38. The summed E-state index contributed by atoms with van der Waals surface area (Å²) in [5.41, 5.74) is -0.519. The minimum atomic E-state index is -3.18. The van der Waals surface area contributed by atoms with Gasteiger partial charge in [-0.2, -0.15) is 0 Å². The second kappa shape index (κ2) is 29.0. The molecule has 71 heavy (non-hydrogen) atoms. The number of esters is 1. The van der Waals surface area contributed by atoms with Gasteiger partial charge >= 0.3 is 12.1 Å². The summed E-state index contributed by atoms with van der Waals surface area (Å²) in [7, 11) is -4.47. The average Bonchev–Trinajstić information content (AvgIpc) is 3.51. The van der Waals surface area contributed by atoms with Crippen LogP contribution in [0.1, 0.15) is 124 Å². The second-order valence-electron chi connectivity index (χ2n) is 21.5. The molecule has 1 fully saturated rings. The zero-order valence-electron chi connectivity index (χ0n) is 44.2. The first kappa shape index (κ1) is 58.7. The topological polar surface area (TPSA) is 162 Å². The Balaban J connectivity index is 1.54. The van der Waals surface area contributed by atoms with Crippen molar-refractivity contribution in [2.24, 2.45) is 5.41 Å². The van der Waals surface area contributed by atoms with Crippen molar-refractivity contribution in [1.29, 1.82) is 0 Å². The van der Waals surface area contributed by atoms with Crippen molar-refractivity contribution < 1.29 is 47.5 Å². The summed E-state index contributed by atoms with van der Waals surface area (Å²) in [4.78, 5) is 74.5. The number of unbranched alkanes of at least 4 members (excludes halogenated alkanes) is 5. The Kier molecular flexibility index (Phi) is 24.0. The zero-order chi connectivity index (χ0) is 51.9. The summed E-state index contributed by atoms with van der Waals surface area (Å²) in [6.45, 7) is 19.9. The summed E-state index contributed by atoms with van der Waals surface area (Å²) in [6, 6.07) is 28.4. The summed E-state index contributed by atoms with van der Waals surface area (Å²) in [5.74, 6) is -1.46. The third-order valence-electron chi connectivity index (χ3n) is 13.2. The van der Waals surface area contributed by atoms with Gasteiger partial charge in [0.25, 0.3) is 14.2 Å². The summed E-state index contributed by atoms with van der Waals surface area (Å²) in [6.07, 6.45) is 6.73. The lowest BCUT2D eigenvalue weighted by Gasteiger charge is -2.45. The first-order chi connectivity index (χ1) is 33.8. The number of hydrogen-bond acceptors (Lipinski definition) is 10. The number of nitrogens with one attached hydrogen (secondary N) is 2. The Bertz CT molecular complexity index is 2030. The number of ether oxygens (including phenoxy) is 3. The van der Waals surface area contributed by atoms with Gasteiger partial charge in [0, 0.05) is 27.8 Å². The predicted octanol–water partition coefficient (Wildman–Crippen LogP) is 9.44. The minimum Gasteiger partial charge on any atom is -0.460 e. The molecule has 3 aromatic carbocycles. The molecule has 4 rings (SSSR count). The largest absolute Gasteiger partial charge is 0.460 e. The Labute approximate surface area is 426 Å². The number of hydroxylamine groups is 4. The quantitative estimate of drug-likeness (QED) is 0.0164. The molecule has 16 heteroatoms. The van der Waals surface area contributed by atoms with Gasteiger partial charge in [-0.1, -0.05) is 164 Å². The predicted molar refractivity (Wildman–Crippen MR) is 283 cm³/mol. The van der Waals surface area contributed by atoms with E-state index in [-0.39, 0.29) is 32.3 Å². The van der Waals surface area contributed by atoms with E-state index in [1.165, 1.54) is 10.1 Å². The molecule has 2 N–H and O–H groups in total. The van der Waals surface area contributed by atoms with Crippen LogP contribution in [0.3, 0.4) is 0 Å². The van der Waals surface area contributed by atoms with Crippen molar-refractivity contribution in [3.63, 3.8) is 0 Å². The van der Waals surface area contributed by atoms with Crippen LogP contribution in [0.25, 0.3) is 0 Å². The van der Waals surface area contributed by atoms with E-state index in [1.54, 1.807) is 13.8 Å². The number of carbonyl (C=O) groups is 5. The molecular weight excluding hydrogens is 933 g/mol. The van der Waals surface area contributed by atoms with E-state index in [1.807, 2.05) is 66.7 Å². The van der Waals surface area contributed by atoms with Crippen molar-refractivity contribution in [1.82, 2.24) is 20.8 Å². The molecule has 1 heterocycles. The molecule has 0 saturated carbocycles. The van der Waals surface area contributed by atoms with Gasteiger partial charge in [-0.15, -0.1) is 0 Å². The van der Waals surface area contributed by atoms with E-state index in [0.717, 1.165) is 47.7 Å². The fourth-order valence-corrected chi connectivity index (χ4v) is 13.8. The van der Waals surface area contributed by atoms with Gasteiger partial charge in [-0.3, -0.25) is 14.4 Å². The summed E-state index contributed by atoms with van der Waals surface area (Å²) < 4.78 is 24.7. The Hall–Kier alpha value is -4.88. The van der Waals surface area contributed by atoms with Crippen molar-refractivity contribution in [2.45, 2.75) is 174 Å². The number of alkyl carbamates (subject to hydrolysis) is 1. The van der Waals surface area contributed by atoms with Gasteiger partial charge in [0.15, 0.2) is 6.79 Å². The highest BCUT2D eigenvalue weighted by molar-refractivity contribution is 6.99. The molecule has 0 spiro atoms. The molecule has 3 aromatic rings. The van der Waals surface area contributed by atoms with Gasteiger partial charge in [-0.25, -0.2) is 24.6 Å². The Morgan fingerprint density at radius 2 is 1.42 bits per heavy atom. The molecule has 1 aliphatic rings. The Morgan fingerprint density at radius 3 is 2.01 bits per heavy atom. The van der Waals surface area contributed by atoms with Crippen LogP contribution >= 0.6 is 0 Å². The van der Waals surface area contributed by atoms with E-state index in [9.17, 15) is 24.0 Å². The molecule has 0 radical (unpaired) electrons. The first-order valence-electron chi connectivity index (χ1n) is 25.8. The van der Waals surface area contributed by atoms with E-state index in [0.29, 0.717) is 64.5 Å². The van der Waals surface area contributed by atoms with Gasteiger partial charge < -0.3 is 29.4 Å². The van der Waals surface area contributed by atoms with Crippen molar-refractivity contribution in [3.8, 4) is 0 Å². The third-order valence-corrected chi connectivity index (χ3v) is 19.8. The van der Waals surface area contributed by atoms with Crippen LogP contribution < -0.4 is 21.0 Å². The van der Waals surface area contributed by atoms with E-state index >= 15 is 0 Å². The van der Waals surface area contributed by atoms with Crippen LogP contribution in [-0.2, 0) is 49.4 Å². The maximum atomic E-state index is 14.8. The monoisotopic (exact) mass is 1020 g/mol. The van der Waals surface area contributed by atoms with Gasteiger partial charge in [0.05, 0.1) is 5.41 Å². The van der Waals surface area contributed by atoms with Crippen LogP contribution in [0.2, 0.25) is 30.7 Å². The normalized spacial score (nSPS) is 15.5.